The van der Waals surface area contributed by atoms with Gasteiger partial charge in [-0.05, 0) is 70.2 Å². The van der Waals surface area contributed by atoms with Gasteiger partial charge in [0.05, 0.1) is 18.9 Å². The number of nitrogens with zero attached hydrogens (tertiary/aromatic N) is 2. The molecule has 2 saturated heterocycles. The van der Waals surface area contributed by atoms with Crippen LogP contribution in [0.15, 0.2) is 27.8 Å². The van der Waals surface area contributed by atoms with E-state index in [1.165, 1.54) is 38.6 Å². The molecule has 2 fully saturated rings. The standard InChI is InChI=1S/C22H38N4O2/c1-2-26-15-6-8-19(26)18-25-22(24-14-12-21-11-7-17-28-21)23-13-5-10-20-9-3-4-16-27-20/h7,11,17,19-20H,2-6,8-10,12-16,18H2,1H3,(H2,23,24,25). The predicted octanol–water partition coefficient (Wildman–Crippen LogP) is 3.19. The van der Waals surface area contributed by atoms with Crippen LogP contribution in [0, 0.1) is 0 Å². The largest absolute Gasteiger partial charge is 0.469 e. The summed E-state index contributed by atoms with van der Waals surface area (Å²) in [5.74, 6) is 1.94. The number of furan rings is 1. The molecule has 6 nitrogen and oxygen atoms in total. The van der Waals surface area contributed by atoms with Gasteiger partial charge in [0.1, 0.15) is 5.76 Å². The Bertz CT molecular complexity index is 555. The van der Waals surface area contributed by atoms with E-state index >= 15 is 0 Å². The van der Waals surface area contributed by atoms with Gasteiger partial charge in [0.2, 0.25) is 0 Å². The molecule has 28 heavy (non-hydrogen) atoms. The van der Waals surface area contributed by atoms with Gasteiger partial charge in [0.25, 0.3) is 0 Å². The lowest BCUT2D eigenvalue weighted by Crippen LogP contribution is -2.40. The highest BCUT2D eigenvalue weighted by atomic mass is 16.5. The molecule has 2 aliphatic rings. The van der Waals surface area contributed by atoms with E-state index in [0.29, 0.717) is 12.1 Å². The summed E-state index contributed by atoms with van der Waals surface area (Å²) in [6, 6.07) is 4.55. The number of nitrogens with one attached hydrogen (secondary N) is 2. The molecule has 0 saturated carbocycles. The van der Waals surface area contributed by atoms with E-state index in [-0.39, 0.29) is 0 Å². The number of hydrogen-bond acceptors (Lipinski definition) is 4. The second-order valence-electron chi connectivity index (χ2n) is 7.93. The van der Waals surface area contributed by atoms with Crippen molar-refractivity contribution >= 4 is 5.96 Å². The molecule has 0 bridgehead atoms. The van der Waals surface area contributed by atoms with E-state index in [1.54, 1.807) is 6.26 Å². The van der Waals surface area contributed by atoms with Crippen LogP contribution < -0.4 is 10.6 Å². The van der Waals surface area contributed by atoms with Crippen molar-refractivity contribution in [1.29, 1.82) is 0 Å². The monoisotopic (exact) mass is 390 g/mol. The molecule has 6 heteroatoms. The molecule has 3 heterocycles. The minimum atomic E-state index is 0.458. The van der Waals surface area contributed by atoms with Crippen molar-refractivity contribution in [1.82, 2.24) is 15.5 Å². The SMILES string of the molecule is CCN1CCCC1CN=C(NCCCC1CCCCO1)NCCc1ccco1. The van der Waals surface area contributed by atoms with Crippen molar-refractivity contribution in [3.8, 4) is 0 Å². The van der Waals surface area contributed by atoms with Crippen molar-refractivity contribution in [2.75, 3.05) is 39.3 Å². The van der Waals surface area contributed by atoms with Crippen molar-refractivity contribution in [2.45, 2.75) is 70.4 Å². The number of aliphatic imine (C=N–C) groups is 1. The maximum absolute atomic E-state index is 5.84. The van der Waals surface area contributed by atoms with Crippen molar-refractivity contribution in [3.63, 3.8) is 0 Å². The van der Waals surface area contributed by atoms with Gasteiger partial charge in [-0.2, -0.15) is 0 Å². The highest BCUT2D eigenvalue weighted by Crippen LogP contribution is 2.17. The minimum absolute atomic E-state index is 0.458. The quantitative estimate of drug-likeness (QED) is 0.365. The van der Waals surface area contributed by atoms with Gasteiger partial charge in [-0.3, -0.25) is 9.89 Å². The third-order valence-corrected chi connectivity index (χ3v) is 5.88. The maximum atomic E-state index is 5.84. The molecular formula is C22H38N4O2. The number of likely N-dealkylation sites (tertiary alicyclic amines) is 1. The zero-order valence-corrected chi connectivity index (χ0v) is 17.5. The second-order valence-corrected chi connectivity index (χ2v) is 7.93. The topological polar surface area (TPSA) is 62.0 Å². The van der Waals surface area contributed by atoms with Gasteiger partial charge in [0, 0.05) is 32.2 Å². The van der Waals surface area contributed by atoms with Crippen molar-refractivity contribution in [2.24, 2.45) is 4.99 Å². The third-order valence-electron chi connectivity index (χ3n) is 5.88. The lowest BCUT2D eigenvalue weighted by Gasteiger charge is -2.23. The van der Waals surface area contributed by atoms with Gasteiger partial charge in [0.15, 0.2) is 5.96 Å². The van der Waals surface area contributed by atoms with Gasteiger partial charge in [-0.15, -0.1) is 0 Å². The summed E-state index contributed by atoms with van der Waals surface area (Å²) in [6.45, 7) is 8.16. The fraction of sp³-hybridized carbons (Fsp3) is 0.773. The first kappa shape index (κ1) is 21.2. The van der Waals surface area contributed by atoms with Crippen LogP contribution in [0.25, 0.3) is 0 Å². The molecule has 3 rings (SSSR count). The van der Waals surface area contributed by atoms with E-state index in [2.05, 4.69) is 22.5 Å². The summed E-state index contributed by atoms with van der Waals surface area (Å²) in [6.07, 6.45) is 11.6. The predicted molar refractivity (Wildman–Crippen MR) is 114 cm³/mol. The van der Waals surface area contributed by atoms with Crippen LogP contribution in [0.2, 0.25) is 0 Å². The molecule has 2 N–H and O–H groups in total. The highest BCUT2D eigenvalue weighted by molar-refractivity contribution is 5.79. The first-order valence-corrected chi connectivity index (χ1v) is 11.3. The molecule has 0 aromatic carbocycles. The molecule has 2 atom stereocenters. The van der Waals surface area contributed by atoms with Crippen LogP contribution >= 0.6 is 0 Å². The Morgan fingerprint density at radius 3 is 2.93 bits per heavy atom. The summed E-state index contributed by atoms with van der Waals surface area (Å²) in [4.78, 5) is 7.44. The zero-order chi connectivity index (χ0) is 19.4. The first-order valence-electron chi connectivity index (χ1n) is 11.3. The highest BCUT2D eigenvalue weighted by Gasteiger charge is 2.22. The number of hydrogen-bond donors (Lipinski definition) is 2. The number of ether oxygens (including phenoxy) is 1. The Labute approximate surface area is 170 Å². The van der Waals surface area contributed by atoms with E-state index < -0.39 is 0 Å². The van der Waals surface area contributed by atoms with Crippen LogP contribution in [-0.4, -0.2) is 62.3 Å². The zero-order valence-electron chi connectivity index (χ0n) is 17.5. The lowest BCUT2D eigenvalue weighted by atomic mass is 10.0. The molecular weight excluding hydrogens is 352 g/mol. The van der Waals surface area contributed by atoms with Crippen LogP contribution in [-0.2, 0) is 11.2 Å². The fourth-order valence-electron chi connectivity index (χ4n) is 4.22. The smallest absolute Gasteiger partial charge is 0.191 e. The summed E-state index contributed by atoms with van der Waals surface area (Å²) >= 11 is 0. The average molecular weight is 391 g/mol. The second kappa shape index (κ2) is 12.1. The fourth-order valence-corrected chi connectivity index (χ4v) is 4.22. The summed E-state index contributed by atoms with van der Waals surface area (Å²) in [5.41, 5.74) is 0. The van der Waals surface area contributed by atoms with E-state index in [0.717, 1.165) is 63.8 Å². The first-order chi connectivity index (χ1) is 13.8. The van der Waals surface area contributed by atoms with Gasteiger partial charge in [-0.1, -0.05) is 6.92 Å². The van der Waals surface area contributed by atoms with Gasteiger partial charge >= 0.3 is 0 Å². The van der Waals surface area contributed by atoms with Crippen LogP contribution in [0.1, 0.15) is 57.6 Å². The van der Waals surface area contributed by atoms with Crippen molar-refractivity contribution in [3.05, 3.63) is 24.2 Å². The summed E-state index contributed by atoms with van der Waals surface area (Å²) in [5, 5.41) is 7.01. The van der Waals surface area contributed by atoms with E-state index in [1.807, 2.05) is 12.1 Å². The van der Waals surface area contributed by atoms with Crippen LogP contribution in [0.5, 0.6) is 0 Å². The Kier molecular flexibility index (Phi) is 9.17. The van der Waals surface area contributed by atoms with E-state index in [4.69, 9.17) is 14.1 Å². The molecule has 0 aliphatic carbocycles. The Morgan fingerprint density at radius 2 is 2.14 bits per heavy atom. The van der Waals surface area contributed by atoms with E-state index in [9.17, 15) is 0 Å². The van der Waals surface area contributed by atoms with Gasteiger partial charge < -0.3 is 19.8 Å². The molecule has 1 aromatic rings. The average Bonchev–Trinajstić information content (AvgIpc) is 3.41. The molecule has 2 unspecified atom stereocenters. The molecule has 1 aromatic heterocycles. The number of rotatable bonds is 10. The molecule has 2 aliphatic heterocycles. The molecule has 0 spiro atoms. The number of likely N-dealkylation sites (N-methyl/N-ethyl adjacent to an activating group) is 1. The summed E-state index contributed by atoms with van der Waals surface area (Å²) < 4.78 is 11.3. The Balaban J connectivity index is 1.42. The molecule has 0 radical (unpaired) electrons. The van der Waals surface area contributed by atoms with Crippen molar-refractivity contribution < 1.29 is 9.15 Å². The Hall–Kier alpha value is -1.53. The third kappa shape index (κ3) is 7.13. The van der Waals surface area contributed by atoms with Crippen LogP contribution in [0.3, 0.4) is 0 Å². The molecule has 0 amide bonds. The molecule has 158 valence electrons. The number of guanidine groups is 1. The van der Waals surface area contributed by atoms with Gasteiger partial charge in [-0.25, -0.2) is 0 Å². The Morgan fingerprint density at radius 1 is 1.21 bits per heavy atom. The minimum Gasteiger partial charge on any atom is -0.469 e. The summed E-state index contributed by atoms with van der Waals surface area (Å²) in [7, 11) is 0. The maximum Gasteiger partial charge on any atom is 0.191 e. The normalized spacial score (nSPS) is 23.8. The van der Waals surface area contributed by atoms with Crippen LogP contribution in [0.4, 0.5) is 0 Å². The lowest BCUT2D eigenvalue weighted by molar-refractivity contribution is 0.0104.